The zero-order valence-corrected chi connectivity index (χ0v) is 8.08. The van der Waals surface area contributed by atoms with Crippen LogP contribution in [0.2, 0.25) is 0 Å². The van der Waals surface area contributed by atoms with E-state index < -0.39 is 0 Å². The fraction of sp³-hybridized carbons (Fsp3) is 0.778. The normalized spacial score (nSPS) is 20.9. The number of carbonyl (C=O) groups is 2. The molecule has 0 aromatic rings. The molecule has 5 nitrogen and oxygen atoms in total. The zero-order valence-electron chi connectivity index (χ0n) is 8.08. The molecule has 1 saturated carbocycles. The van der Waals surface area contributed by atoms with Gasteiger partial charge >= 0.3 is 6.03 Å². The van der Waals surface area contributed by atoms with Crippen molar-refractivity contribution >= 4 is 11.9 Å². The van der Waals surface area contributed by atoms with Gasteiger partial charge in [0.1, 0.15) is 0 Å². The lowest BCUT2D eigenvalue weighted by molar-refractivity contribution is -0.121. The minimum Gasteiger partial charge on any atom is -0.353 e. The maximum Gasteiger partial charge on any atom is 0.317 e. The van der Waals surface area contributed by atoms with Crippen LogP contribution in [0.5, 0.6) is 0 Å². The van der Waals surface area contributed by atoms with Crippen molar-refractivity contribution in [3.63, 3.8) is 0 Å². The molecule has 2 rings (SSSR count). The molecule has 2 fully saturated rings. The Labute approximate surface area is 82.8 Å². The van der Waals surface area contributed by atoms with Crippen LogP contribution in [0.4, 0.5) is 4.79 Å². The number of nitrogens with one attached hydrogen (secondary N) is 2. The molecule has 0 aromatic carbocycles. The molecule has 1 saturated heterocycles. The van der Waals surface area contributed by atoms with E-state index in [1.54, 1.807) is 4.90 Å². The Bertz CT molecular complexity index is 250. The van der Waals surface area contributed by atoms with Gasteiger partial charge in [-0.1, -0.05) is 0 Å². The first kappa shape index (κ1) is 9.30. The van der Waals surface area contributed by atoms with Crippen molar-refractivity contribution < 1.29 is 9.59 Å². The summed E-state index contributed by atoms with van der Waals surface area (Å²) in [6.07, 6.45) is 2.63. The van der Waals surface area contributed by atoms with Gasteiger partial charge in [0.2, 0.25) is 5.91 Å². The van der Waals surface area contributed by atoms with Crippen LogP contribution in [0.3, 0.4) is 0 Å². The smallest absolute Gasteiger partial charge is 0.317 e. The highest BCUT2D eigenvalue weighted by molar-refractivity contribution is 5.79. The average Bonchev–Trinajstić information content (AvgIpc) is 2.86. The van der Waals surface area contributed by atoms with Crippen molar-refractivity contribution in [2.75, 3.05) is 19.6 Å². The summed E-state index contributed by atoms with van der Waals surface area (Å²) < 4.78 is 0. The Morgan fingerprint density at radius 3 is 2.93 bits per heavy atom. The second kappa shape index (κ2) is 3.86. The van der Waals surface area contributed by atoms with Gasteiger partial charge in [0.15, 0.2) is 0 Å². The van der Waals surface area contributed by atoms with Crippen LogP contribution in [0.15, 0.2) is 0 Å². The van der Waals surface area contributed by atoms with Gasteiger partial charge in [-0.05, 0) is 12.8 Å². The molecule has 3 amide bonds. The molecule has 2 N–H and O–H groups in total. The fourth-order valence-electron chi connectivity index (χ4n) is 1.49. The van der Waals surface area contributed by atoms with E-state index in [0.717, 1.165) is 19.4 Å². The summed E-state index contributed by atoms with van der Waals surface area (Å²) in [5.41, 5.74) is 0. The molecule has 5 heteroatoms. The monoisotopic (exact) mass is 197 g/mol. The minimum atomic E-state index is -0.0516. The SMILES string of the molecule is O=C(CCN1CCNC1=O)NC1CC1. The first-order valence-electron chi connectivity index (χ1n) is 5.08. The van der Waals surface area contributed by atoms with Crippen molar-refractivity contribution in [2.45, 2.75) is 25.3 Å². The van der Waals surface area contributed by atoms with Crippen molar-refractivity contribution in [3.05, 3.63) is 0 Å². The van der Waals surface area contributed by atoms with E-state index in [1.807, 2.05) is 0 Å². The summed E-state index contributed by atoms with van der Waals surface area (Å²) in [7, 11) is 0. The average molecular weight is 197 g/mol. The van der Waals surface area contributed by atoms with E-state index in [-0.39, 0.29) is 11.9 Å². The molecule has 0 atom stereocenters. The number of urea groups is 1. The third-order valence-corrected chi connectivity index (χ3v) is 2.50. The van der Waals surface area contributed by atoms with Crippen LogP contribution in [0, 0.1) is 0 Å². The Balaban J connectivity index is 1.65. The third-order valence-electron chi connectivity index (χ3n) is 2.50. The molecule has 14 heavy (non-hydrogen) atoms. The van der Waals surface area contributed by atoms with E-state index in [9.17, 15) is 9.59 Å². The van der Waals surface area contributed by atoms with E-state index >= 15 is 0 Å². The highest BCUT2D eigenvalue weighted by atomic mass is 16.2. The fourth-order valence-corrected chi connectivity index (χ4v) is 1.49. The second-order valence-corrected chi connectivity index (χ2v) is 3.81. The van der Waals surface area contributed by atoms with Crippen molar-refractivity contribution in [1.82, 2.24) is 15.5 Å². The minimum absolute atomic E-state index is 0.0516. The molecular weight excluding hydrogens is 182 g/mol. The summed E-state index contributed by atoms with van der Waals surface area (Å²) in [4.78, 5) is 24.1. The molecule has 1 heterocycles. The molecular formula is C9H15N3O2. The Morgan fingerprint density at radius 2 is 2.36 bits per heavy atom. The lowest BCUT2D eigenvalue weighted by Crippen LogP contribution is -2.33. The van der Waals surface area contributed by atoms with Gasteiger partial charge in [0.25, 0.3) is 0 Å². The predicted molar refractivity (Wildman–Crippen MR) is 50.8 cm³/mol. The Morgan fingerprint density at radius 1 is 1.57 bits per heavy atom. The maximum absolute atomic E-state index is 11.3. The highest BCUT2D eigenvalue weighted by Crippen LogP contribution is 2.18. The van der Waals surface area contributed by atoms with Gasteiger partial charge in [-0.2, -0.15) is 0 Å². The number of amides is 3. The Hall–Kier alpha value is -1.26. The third kappa shape index (κ3) is 2.37. The van der Waals surface area contributed by atoms with Crippen molar-refractivity contribution in [3.8, 4) is 0 Å². The van der Waals surface area contributed by atoms with Gasteiger partial charge in [-0.25, -0.2) is 4.79 Å². The number of nitrogens with zero attached hydrogens (tertiary/aromatic N) is 1. The van der Waals surface area contributed by atoms with Crippen molar-refractivity contribution in [2.24, 2.45) is 0 Å². The molecule has 0 spiro atoms. The molecule has 0 bridgehead atoms. The first-order valence-corrected chi connectivity index (χ1v) is 5.08. The van der Waals surface area contributed by atoms with Gasteiger partial charge in [-0.3, -0.25) is 4.79 Å². The topological polar surface area (TPSA) is 61.4 Å². The summed E-state index contributed by atoms with van der Waals surface area (Å²) in [6.45, 7) is 1.95. The highest BCUT2D eigenvalue weighted by Gasteiger charge is 2.24. The quantitative estimate of drug-likeness (QED) is 0.649. The van der Waals surface area contributed by atoms with E-state index in [2.05, 4.69) is 10.6 Å². The largest absolute Gasteiger partial charge is 0.353 e. The van der Waals surface area contributed by atoms with Crippen molar-refractivity contribution in [1.29, 1.82) is 0 Å². The molecule has 78 valence electrons. The lowest BCUT2D eigenvalue weighted by Gasteiger charge is -2.13. The molecule has 0 radical (unpaired) electrons. The van der Waals surface area contributed by atoms with E-state index in [4.69, 9.17) is 0 Å². The number of rotatable bonds is 4. The second-order valence-electron chi connectivity index (χ2n) is 3.81. The van der Waals surface area contributed by atoms with Gasteiger partial charge < -0.3 is 15.5 Å². The number of hydrogen-bond donors (Lipinski definition) is 2. The summed E-state index contributed by atoms with van der Waals surface area (Å²) in [5, 5.41) is 5.60. The van der Waals surface area contributed by atoms with Crippen LogP contribution >= 0.6 is 0 Å². The zero-order chi connectivity index (χ0) is 9.97. The molecule has 0 unspecified atom stereocenters. The van der Waals surface area contributed by atoms with Crippen LogP contribution in [0.1, 0.15) is 19.3 Å². The summed E-state index contributed by atoms with van der Waals surface area (Å²) in [6, 6.07) is 0.360. The molecule has 1 aliphatic heterocycles. The van der Waals surface area contributed by atoms with Crippen LogP contribution in [-0.2, 0) is 4.79 Å². The van der Waals surface area contributed by atoms with Crippen LogP contribution in [0.25, 0.3) is 0 Å². The van der Waals surface area contributed by atoms with Gasteiger partial charge in [0, 0.05) is 32.1 Å². The molecule has 0 aromatic heterocycles. The maximum atomic E-state index is 11.3. The summed E-state index contributed by atoms with van der Waals surface area (Å²) in [5.74, 6) is 0.0622. The van der Waals surface area contributed by atoms with Crippen LogP contribution < -0.4 is 10.6 Å². The van der Waals surface area contributed by atoms with Crippen LogP contribution in [-0.4, -0.2) is 42.5 Å². The van der Waals surface area contributed by atoms with E-state index in [1.165, 1.54) is 0 Å². The standard InChI is InChI=1S/C9H15N3O2/c13-8(11-7-1-2-7)3-5-12-6-4-10-9(12)14/h7H,1-6H2,(H,10,14)(H,11,13). The molecule has 2 aliphatic rings. The number of carbonyl (C=O) groups excluding carboxylic acids is 2. The summed E-state index contributed by atoms with van der Waals surface area (Å²) >= 11 is 0. The van der Waals surface area contributed by atoms with Gasteiger partial charge in [-0.15, -0.1) is 0 Å². The number of hydrogen-bond acceptors (Lipinski definition) is 2. The molecule has 1 aliphatic carbocycles. The Kier molecular flexibility index (Phi) is 2.56. The predicted octanol–water partition coefficient (Wildman–Crippen LogP) is -0.320. The van der Waals surface area contributed by atoms with Gasteiger partial charge in [0.05, 0.1) is 0 Å². The van der Waals surface area contributed by atoms with E-state index in [0.29, 0.717) is 25.6 Å². The first-order chi connectivity index (χ1) is 6.75. The lowest BCUT2D eigenvalue weighted by atomic mass is 10.3.